The van der Waals surface area contributed by atoms with E-state index in [0.717, 1.165) is 0 Å². The first-order valence-corrected chi connectivity index (χ1v) is 10.7. The summed E-state index contributed by atoms with van der Waals surface area (Å²) in [5.74, 6) is 0.962. The van der Waals surface area contributed by atoms with Crippen LogP contribution in [0.15, 0.2) is 52.4 Å². The molecule has 8 nitrogen and oxygen atoms in total. The molecule has 0 unspecified atom stereocenters. The summed E-state index contributed by atoms with van der Waals surface area (Å²) in [6.45, 7) is 0.984. The molecule has 1 aromatic heterocycles. The molecule has 31 heavy (non-hydrogen) atoms. The van der Waals surface area contributed by atoms with Crippen LogP contribution in [0.2, 0.25) is 0 Å². The van der Waals surface area contributed by atoms with Crippen molar-refractivity contribution in [2.45, 2.75) is 18.1 Å². The molecule has 0 fully saturated rings. The standard InChI is InChI=1S/C22H25N3O5S/c1-28-12-6-11-25-21(27)16-7-4-5-8-17(16)24-22(25)31-14-20(26)23-18-13-15(29-2)9-10-19(18)30-3/h4-5,7-10,13H,6,11-12,14H2,1-3H3,(H,23,26). The number of thioether (sulfide) groups is 1. The number of amides is 1. The molecule has 3 aromatic rings. The minimum atomic E-state index is -0.248. The molecule has 0 radical (unpaired) electrons. The number of rotatable bonds is 10. The lowest BCUT2D eigenvalue weighted by Crippen LogP contribution is -2.25. The number of nitrogens with zero attached hydrogens (tertiary/aromatic N) is 2. The van der Waals surface area contributed by atoms with Crippen LogP contribution < -0.4 is 20.3 Å². The van der Waals surface area contributed by atoms with Crippen LogP contribution in [0.25, 0.3) is 10.9 Å². The summed E-state index contributed by atoms with van der Waals surface area (Å²) < 4.78 is 17.2. The molecule has 0 bridgehead atoms. The number of carbonyl (C=O) groups excluding carboxylic acids is 1. The number of ether oxygens (including phenoxy) is 3. The second-order valence-corrected chi connectivity index (χ2v) is 7.56. The maximum absolute atomic E-state index is 13.0. The zero-order chi connectivity index (χ0) is 22.2. The monoisotopic (exact) mass is 443 g/mol. The SMILES string of the molecule is COCCCn1c(SCC(=O)Nc2cc(OC)ccc2OC)nc2ccccc2c1=O. The van der Waals surface area contributed by atoms with E-state index >= 15 is 0 Å². The highest BCUT2D eigenvalue weighted by molar-refractivity contribution is 7.99. The van der Waals surface area contributed by atoms with Crippen molar-refractivity contribution in [3.8, 4) is 11.5 Å². The Kier molecular flexibility index (Phi) is 7.91. The van der Waals surface area contributed by atoms with Gasteiger partial charge in [0.1, 0.15) is 11.5 Å². The summed E-state index contributed by atoms with van der Waals surface area (Å²) in [4.78, 5) is 30.2. The van der Waals surface area contributed by atoms with Crippen LogP contribution in [0.4, 0.5) is 5.69 Å². The highest BCUT2D eigenvalue weighted by Gasteiger charge is 2.14. The van der Waals surface area contributed by atoms with Gasteiger partial charge in [-0.15, -0.1) is 0 Å². The van der Waals surface area contributed by atoms with Gasteiger partial charge >= 0.3 is 0 Å². The van der Waals surface area contributed by atoms with Crippen LogP contribution in [-0.2, 0) is 16.1 Å². The molecular weight excluding hydrogens is 418 g/mol. The number of anilines is 1. The van der Waals surface area contributed by atoms with Crippen LogP contribution in [0.1, 0.15) is 6.42 Å². The van der Waals surface area contributed by atoms with Gasteiger partial charge in [0.25, 0.3) is 5.56 Å². The number of fused-ring (bicyclic) bond motifs is 1. The molecular formula is C22H25N3O5S. The third-order valence-electron chi connectivity index (χ3n) is 4.57. The van der Waals surface area contributed by atoms with E-state index in [9.17, 15) is 9.59 Å². The van der Waals surface area contributed by atoms with Gasteiger partial charge in [-0.1, -0.05) is 23.9 Å². The van der Waals surface area contributed by atoms with Crippen molar-refractivity contribution in [3.05, 3.63) is 52.8 Å². The summed E-state index contributed by atoms with van der Waals surface area (Å²) in [6.07, 6.45) is 0.664. The summed E-state index contributed by atoms with van der Waals surface area (Å²) in [5, 5.41) is 3.87. The Balaban J connectivity index is 1.80. The largest absolute Gasteiger partial charge is 0.497 e. The van der Waals surface area contributed by atoms with E-state index in [1.807, 2.05) is 12.1 Å². The first-order valence-electron chi connectivity index (χ1n) is 9.70. The Morgan fingerprint density at radius 2 is 1.94 bits per heavy atom. The van der Waals surface area contributed by atoms with Crippen LogP contribution in [0.5, 0.6) is 11.5 Å². The molecule has 0 aliphatic carbocycles. The molecule has 0 saturated heterocycles. The van der Waals surface area contributed by atoms with Crippen molar-refractivity contribution >= 4 is 34.3 Å². The Bertz CT molecular complexity index is 1120. The van der Waals surface area contributed by atoms with Crippen LogP contribution in [0, 0.1) is 0 Å². The molecule has 0 aliphatic heterocycles. The zero-order valence-electron chi connectivity index (χ0n) is 17.7. The van der Waals surface area contributed by atoms with Gasteiger partial charge in [-0.2, -0.15) is 0 Å². The second-order valence-electron chi connectivity index (χ2n) is 6.62. The Labute approximate surface area is 184 Å². The number of benzene rings is 2. The number of methoxy groups -OCH3 is 3. The predicted molar refractivity (Wildman–Crippen MR) is 121 cm³/mol. The summed E-state index contributed by atoms with van der Waals surface area (Å²) >= 11 is 1.21. The summed E-state index contributed by atoms with van der Waals surface area (Å²) in [6, 6.07) is 12.4. The van der Waals surface area contributed by atoms with Gasteiger partial charge in [0, 0.05) is 26.3 Å². The molecule has 9 heteroatoms. The van der Waals surface area contributed by atoms with Gasteiger partial charge in [-0.05, 0) is 30.7 Å². The van der Waals surface area contributed by atoms with E-state index in [0.29, 0.717) is 52.8 Å². The lowest BCUT2D eigenvalue weighted by Gasteiger charge is -2.14. The van der Waals surface area contributed by atoms with Crippen LogP contribution in [-0.4, -0.2) is 49.1 Å². The molecule has 0 atom stereocenters. The molecule has 0 aliphatic rings. The normalized spacial score (nSPS) is 10.8. The Morgan fingerprint density at radius 3 is 2.68 bits per heavy atom. The predicted octanol–water partition coefficient (Wildman–Crippen LogP) is 3.18. The number of nitrogens with one attached hydrogen (secondary N) is 1. The van der Waals surface area contributed by atoms with Gasteiger partial charge in [0.15, 0.2) is 5.16 Å². The summed E-state index contributed by atoms with van der Waals surface area (Å²) in [7, 11) is 4.70. The van der Waals surface area contributed by atoms with Crippen molar-refractivity contribution in [1.29, 1.82) is 0 Å². The van der Waals surface area contributed by atoms with Crippen molar-refractivity contribution < 1.29 is 19.0 Å². The van der Waals surface area contributed by atoms with E-state index in [2.05, 4.69) is 10.3 Å². The fourth-order valence-corrected chi connectivity index (χ4v) is 3.88. The second kappa shape index (κ2) is 10.8. The minimum Gasteiger partial charge on any atom is -0.497 e. The highest BCUT2D eigenvalue weighted by Crippen LogP contribution is 2.29. The number of carbonyl (C=O) groups is 1. The third kappa shape index (κ3) is 5.56. The van der Waals surface area contributed by atoms with Gasteiger partial charge in [-0.3, -0.25) is 14.2 Å². The Morgan fingerprint density at radius 1 is 1.13 bits per heavy atom. The molecule has 1 amide bonds. The topological polar surface area (TPSA) is 91.7 Å². The van der Waals surface area contributed by atoms with Gasteiger partial charge in [0.05, 0.1) is 36.6 Å². The average molecular weight is 444 g/mol. The quantitative estimate of drug-likeness (QED) is 0.292. The first kappa shape index (κ1) is 22.6. The maximum Gasteiger partial charge on any atom is 0.262 e. The van der Waals surface area contributed by atoms with E-state index in [1.165, 1.54) is 18.9 Å². The van der Waals surface area contributed by atoms with Crippen molar-refractivity contribution in [1.82, 2.24) is 9.55 Å². The number of hydrogen-bond donors (Lipinski definition) is 1. The lowest BCUT2D eigenvalue weighted by atomic mass is 10.2. The van der Waals surface area contributed by atoms with Crippen LogP contribution >= 0.6 is 11.8 Å². The highest BCUT2D eigenvalue weighted by atomic mass is 32.2. The molecule has 1 heterocycles. The van der Waals surface area contributed by atoms with E-state index < -0.39 is 0 Å². The van der Waals surface area contributed by atoms with Crippen molar-refractivity contribution in [2.24, 2.45) is 0 Å². The molecule has 0 saturated carbocycles. The lowest BCUT2D eigenvalue weighted by molar-refractivity contribution is -0.113. The smallest absolute Gasteiger partial charge is 0.262 e. The Hall–Kier alpha value is -3.04. The zero-order valence-corrected chi connectivity index (χ0v) is 18.5. The number of para-hydroxylation sites is 1. The van der Waals surface area contributed by atoms with Crippen molar-refractivity contribution in [2.75, 3.05) is 39.0 Å². The molecule has 3 rings (SSSR count). The van der Waals surface area contributed by atoms with Gasteiger partial charge < -0.3 is 19.5 Å². The van der Waals surface area contributed by atoms with E-state index in [4.69, 9.17) is 14.2 Å². The molecule has 164 valence electrons. The average Bonchev–Trinajstić information content (AvgIpc) is 2.79. The van der Waals surface area contributed by atoms with E-state index in [-0.39, 0.29) is 17.2 Å². The molecule has 2 aromatic carbocycles. The van der Waals surface area contributed by atoms with Gasteiger partial charge in [0.2, 0.25) is 5.91 Å². The van der Waals surface area contributed by atoms with Crippen molar-refractivity contribution in [3.63, 3.8) is 0 Å². The molecule has 0 spiro atoms. The summed E-state index contributed by atoms with van der Waals surface area (Å²) in [5.41, 5.74) is 0.989. The number of aromatic nitrogens is 2. The van der Waals surface area contributed by atoms with E-state index in [1.54, 1.807) is 49.1 Å². The minimum absolute atomic E-state index is 0.0788. The fourth-order valence-electron chi connectivity index (χ4n) is 3.05. The van der Waals surface area contributed by atoms with Gasteiger partial charge in [-0.25, -0.2) is 4.98 Å². The number of hydrogen-bond acceptors (Lipinski definition) is 7. The first-order chi connectivity index (χ1) is 15.1. The van der Waals surface area contributed by atoms with Crippen LogP contribution in [0.3, 0.4) is 0 Å². The third-order valence-corrected chi connectivity index (χ3v) is 5.55. The fraction of sp³-hybridized carbons (Fsp3) is 0.318. The molecule has 1 N–H and O–H groups in total. The maximum atomic E-state index is 13.0.